The van der Waals surface area contributed by atoms with Crippen LogP contribution in [-0.4, -0.2) is 62.0 Å². The summed E-state index contributed by atoms with van der Waals surface area (Å²) in [6.07, 6.45) is -0.322. The fourth-order valence-electron chi connectivity index (χ4n) is 1.32. The third-order valence-electron chi connectivity index (χ3n) is 2.42. The fraction of sp³-hybridized carbons (Fsp3) is 1.00. The van der Waals surface area contributed by atoms with Gasteiger partial charge in [-0.1, -0.05) is 13.8 Å². The highest BCUT2D eigenvalue weighted by Crippen LogP contribution is 1.97. The molecule has 2 N–H and O–H groups in total. The van der Waals surface area contributed by atoms with Crippen LogP contribution < -0.4 is 5.32 Å². The number of aliphatic hydroxyl groups is 1. The highest BCUT2D eigenvalue weighted by molar-refractivity contribution is 4.69. The standard InChI is InChI=1S/C11H26N2O2/c1-9(2)12-6-11(14)7-13(4)10(3)8-15-5/h9-12,14H,6-8H2,1-5H3. The Bertz CT molecular complexity index is 154. The third-order valence-corrected chi connectivity index (χ3v) is 2.42. The van der Waals surface area contributed by atoms with Gasteiger partial charge < -0.3 is 15.2 Å². The molecule has 0 aliphatic carbocycles. The van der Waals surface area contributed by atoms with Crippen molar-refractivity contribution in [1.29, 1.82) is 0 Å². The van der Waals surface area contributed by atoms with Crippen LogP contribution in [0.15, 0.2) is 0 Å². The van der Waals surface area contributed by atoms with Crippen molar-refractivity contribution in [2.45, 2.75) is 39.0 Å². The smallest absolute Gasteiger partial charge is 0.0791 e. The van der Waals surface area contributed by atoms with Crippen molar-refractivity contribution in [2.24, 2.45) is 0 Å². The normalized spacial score (nSPS) is 16.0. The van der Waals surface area contributed by atoms with E-state index in [1.165, 1.54) is 0 Å². The van der Waals surface area contributed by atoms with Crippen LogP contribution in [0.2, 0.25) is 0 Å². The zero-order chi connectivity index (χ0) is 11.8. The first-order chi connectivity index (χ1) is 6.97. The van der Waals surface area contributed by atoms with Crippen molar-refractivity contribution in [1.82, 2.24) is 10.2 Å². The number of ether oxygens (including phenoxy) is 1. The first-order valence-electron chi connectivity index (χ1n) is 5.58. The Balaban J connectivity index is 3.69. The van der Waals surface area contributed by atoms with Crippen LogP contribution in [0.4, 0.5) is 0 Å². The lowest BCUT2D eigenvalue weighted by Gasteiger charge is -2.26. The van der Waals surface area contributed by atoms with Gasteiger partial charge in [-0.3, -0.25) is 4.90 Å². The van der Waals surface area contributed by atoms with Crippen LogP contribution in [0.25, 0.3) is 0 Å². The second kappa shape index (κ2) is 8.05. The van der Waals surface area contributed by atoms with Crippen LogP contribution in [0.1, 0.15) is 20.8 Å². The van der Waals surface area contributed by atoms with Crippen LogP contribution in [-0.2, 0) is 4.74 Å². The average molecular weight is 218 g/mol. The van der Waals surface area contributed by atoms with Crippen molar-refractivity contribution in [3.63, 3.8) is 0 Å². The Morgan fingerprint density at radius 1 is 1.33 bits per heavy atom. The molecule has 2 atom stereocenters. The van der Waals surface area contributed by atoms with Gasteiger partial charge in [0.1, 0.15) is 0 Å². The number of aliphatic hydroxyl groups excluding tert-OH is 1. The Labute approximate surface area is 93.6 Å². The lowest BCUT2D eigenvalue weighted by atomic mass is 10.2. The number of nitrogens with zero attached hydrogens (tertiary/aromatic N) is 1. The average Bonchev–Trinajstić information content (AvgIpc) is 2.15. The topological polar surface area (TPSA) is 44.7 Å². The molecule has 0 saturated heterocycles. The molecule has 0 fully saturated rings. The summed E-state index contributed by atoms with van der Waals surface area (Å²) in [4.78, 5) is 2.11. The molecule has 0 spiro atoms. The van der Waals surface area contributed by atoms with Crippen LogP contribution in [0.3, 0.4) is 0 Å². The largest absolute Gasteiger partial charge is 0.390 e. The Kier molecular flexibility index (Phi) is 7.96. The zero-order valence-corrected chi connectivity index (χ0v) is 10.7. The summed E-state index contributed by atoms with van der Waals surface area (Å²) in [6, 6.07) is 0.755. The molecular weight excluding hydrogens is 192 g/mol. The highest BCUT2D eigenvalue weighted by Gasteiger charge is 2.13. The maximum absolute atomic E-state index is 9.74. The molecular formula is C11H26N2O2. The predicted octanol–water partition coefficient (Wildman–Crippen LogP) is 0.312. The second-order valence-corrected chi connectivity index (χ2v) is 4.46. The third kappa shape index (κ3) is 7.73. The summed E-state index contributed by atoms with van der Waals surface area (Å²) in [5.41, 5.74) is 0. The molecule has 0 aromatic heterocycles. The minimum Gasteiger partial charge on any atom is -0.390 e. The Hall–Kier alpha value is -0.160. The van der Waals surface area contributed by atoms with Gasteiger partial charge in [0.15, 0.2) is 0 Å². The predicted molar refractivity (Wildman–Crippen MR) is 63.1 cm³/mol. The van der Waals surface area contributed by atoms with Gasteiger partial charge in [-0.15, -0.1) is 0 Å². The summed E-state index contributed by atoms with van der Waals surface area (Å²) >= 11 is 0. The molecule has 0 heterocycles. The van der Waals surface area contributed by atoms with E-state index >= 15 is 0 Å². The van der Waals surface area contributed by atoms with E-state index in [0.29, 0.717) is 31.8 Å². The molecule has 92 valence electrons. The number of nitrogens with one attached hydrogen (secondary N) is 1. The zero-order valence-electron chi connectivity index (χ0n) is 10.7. The van der Waals surface area contributed by atoms with E-state index in [-0.39, 0.29) is 6.10 Å². The van der Waals surface area contributed by atoms with Gasteiger partial charge >= 0.3 is 0 Å². The van der Waals surface area contributed by atoms with E-state index in [1.807, 2.05) is 7.05 Å². The van der Waals surface area contributed by atoms with E-state index < -0.39 is 0 Å². The van der Waals surface area contributed by atoms with Crippen LogP contribution in [0.5, 0.6) is 0 Å². The lowest BCUT2D eigenvalue weighted by Crippen LogP contribution is -2.43. The van der Waals surface area contributed by atoms with Crippen molar-refractivity contribution < 1.29 is 9.84 Å². The monoisotopic (exact) mass is 218 g/mol. The molecule has 4 nitrogen and oxygen atoms in total. The summed E-state index contributed by atoms with van der Waals surface area (Å²) in [5.74, 6) is 0. The number of methoxy groups -OCH3 is 1. The number of rotatable bonds is 8. The molecule has 0 aliphatic heterocycles. The molecule has 0 saturated carbocycles. The van der Waals surface area contributed by atoms with Gasteiger partial charge in [-0.2, -0.15) is 0 Å². The van der Waals surface area contributed by atoms with Gasteiger partial charge in [0, 0.05) is 32.3 Å². The SMILES string of the molecule is COCC(C)N(C)CC(O)CNC(C)C. The minimum atomic E-state index is -0.322. The first-order valence-corrected chi connectivity index (χ1v) is 5.58. The number of likely N-dealkylation sites (N-methyl/N-ethyl adjacent to an activating group) is 1. The Morgan fingerprint density at radius 3 is 2.40 bits per heavy atom. The fourth-order valence-corrected chi connectivity index (χ4v) is 1.32. The second-order valence-electron chi connectivity index (χ2n) is 4.46. The molecule has 0 aromatic rings. The van der Waals surface area contributed by atoms with Crippen LogP contribution >= 0.6 is 0 Å². The van der Waals surface area contributed by atoms with Gasteiger partial charge in [-0.05, 0) is 14.0 Å². The van der Waals surface area contributed by atoms with E-state index in [2.05, 4.69) is 31.0 Å². The van der Waals surface area contributed by atoms with Crippen molar-refractivity contribution in [3.8, 4) is 0 Å². The van der Waals surface area contributed by atoms with Gasteiger partial charge in [0.05, 0.1) is 12.7 Å². The summed E-state index contributed by atoms with van der Waals surface area (Å²) in [6.45, 7) is 8.24. The van der Waals surface area contributed by atoms with E-state index in [4.69, 9.17) is 4.74 Å². The Morgan fingerprint density at radius 2 is 1.93 bits per heavy atom. The van der Waals surface area contributed by atoms with E-state index in [0.717, 1.165) is 0 Å². The maximum Gasteiger partial charge on any atom is 0.0791 e. The van der Waals surface area contributed by atoms with E-state index in [9.17, 15) is 5.11 Å². The molecule has 4 heteroatoms. The molecule has 0 aromatic carbocycles. The molecule has 0 radical (unpaired) electrons. The molecule has 0 amide bonds. The molecule has 2 unspecified atom stereocenters. The summed E-state index contributed by atoms with van der Waals surface area (Å²) < 4.78 is 5.07. The highest BCUT2D eigenvalue weighted by atomic mass is 16.5. The summed E-state index contributed by atoms with van der Waals surface area (Å²) in [5, 5.41) is 13.0. The van der Waals surface area contributed by atoms with Crippen molar-refractivity contribution in [2.75, 3.05) is 33.9 Å². The minimum absolute atomic E-state index is 0.322. The van der Waals surface area contributed by atoms with E-state index in [1.54, 1.807) is 7.11 Å². The number of hydrogen-bond donors (Lipinski definition) is 2. The molecule has 0 aliphatic rings. The molecule has 15 heavy (non-hydrogen) atoms. The van der Waals surface area contributed by atoms with Crippen molar-refractivity contribution >= 4 is 0 Å². The number of hydrogen-bond acceptors (Lipinski definition) is 4. The molecule has 0 rings (SSSR count). The maximum atomic E-state index is 9.74. The molecule has 0 bridgehead atoms. The van der Waals surface area contributed by atoms with Crippen LogP contribution in [0, 0.1) is 0 Å². The quantitative estimate of drug-likeness (QED) is 0.615. The van der Waals surface area contributed by atoms with Gasteiger partial charge in [0.25, 0.3) is 0 Å². The van der Waals surface area contributed by atoms with Crippen molar-refractivity contribution in [3.05, 3.63) is 0 Å². The first kappa shape index (κ1) is 14.8. The summed E-state index contributed by atoms with van der Waals surface area (Å²) in [7, 11) is 3.70. The van der Waals surface area contributed by atoms with Gasteiger partial charge in [-0.25, -0.2) is 0 Å². The lowest BCUT2D eigenvalue weighted by molar-refractivity contribution is 0.0701. The van der Waals surface area contributed by atoms with Gasteiger partial charge in [0.2, 0.25) is 0 Å².